The van der Waals surface area contributed by atoms with Crippen molar-refractivity contribution in [3.63, 3.8) is 0 Å². The highest BCUT2D eigenvalue weighted by molar-refractivity contribution is 4.98. The van der Waals surface area contributed by atoms with Crippen molar-refractivity contribution in [2.45, 2.75) is 45.1 Å². The molecule has 0 aromatic carbocycles. The molecule has 1 spiro atoms. The van der Waals surface area contributed by atoms with Gasteiger partial charge in [0.25, 0.3) is 0 Å². The highest BCUT2D eigenvalue weighted by atomic mass is 16.5. The van der Waals surface area contributed by atoms with Crippen LogP contribution in [-0.2, 0) is 4.74 Å². The lowest BCUT2D eigenvalue weighted by Gasteiger charge is -2.40. The zero-order valence-electron chi connectivity index (χ0n) is 11.8. The third kappa shape index (κ3) is 2.45. The summed E-state index contributed by atoms with van der Waals surface area (Å²) in [4.78, 5) is 2.77. The van der Waals surface area contributed by atoms with Crippen LogP contribution < -0.4 is 5.32 Å². The first-order valence-electron chi connectivity index (χ1n) is 7.83. The van der Waals surface area contributed by atoms with Crippen molar-refractivity contribution >= 4 is 0 Å². The van der Waals surface area contributed by atoms with Gasteiger partial charge in [-0.25, -0.2) is 0 Å². The zero-order chi connectivity index (χ0) is 12.4. The molecular formula is C15H28N2O. The van der Waals surface area contributed by atoms with Crippen LogP contribution >= 0.6 is 0 Å². The summed E-state index contributed by atoms with van der Waals surface area (Å²) in [6.45, 7) is 9.54. The van der Waals surface area contributed by atoms with Crippen LogP contribution in [0.15, 0.2) is 0 Å². The lowest BCUT2D eigenvalue weighted by atomic mass is 9.74. The fourth-order valence-electron chi connectivity index (χ4n) is 4.26. The number of ether oxygens (including phenoxy) is 1. The maximum Gasteiger partial charge on any atom is 0.0471 e. The molecule has 0 aliphatic carbocycles. The van der Waals surface area contributed by atoms with Gasteiger partial charge in [-0.3, -0.25) is 4.90 Å². The minimum absolute atomic E-state index is 0.584. The molecule has 0 radical (unpaired) electrons. The van der Waals surface area contributed by atoms with Gasteiger partial charge in [0.1, 0.15) is 0 Å². The van der Waals surface area contributed by atoms with Gasteiger partial charge >= 0.3 is 0 Å². The van der Waals surface area contributed by atoms with E-state index >= 15 is 0 Å². The quantitative estimate of drug-likeness (QED) is 0.812. The number of hydrogen-bond acceptors (Lipinski definition) is 3. The van der Waals surface area contributed by atoms with Crippen molar-refractivity contribution in [1.29, 1.82) is 0 Å². The molecule has 0 aromatic heterocycles. The summed E-state index contributed by atoms with van der Waals surface area (Å²) >= 11 is 0. The molecular weight excluding hydrogens is 224 g/mol. The molecule has 3 nitrogen and oxygen atoms in total. The topological polar surface area (TPSA) is 24.5 Å². The molecule has 0 saturated carbocycles. The van der Waals surface area contributed by atoms with E-state index < -0.39 is 0 Å². The molecule has 18 heavy (non-hydrogen) atoms. The minimum atomic E-state index is 0.584. The Balaban J connectivity index is 1.57. The fourth-order valence-corrected chi connectivity index (χ4v) is 4.26. The molecule has 0 amide bonds. The Morgan fingerprint density at radius 1 is 1.28 bits per heavy atom. The first-order chi connectivity index (χ1) is 8.80. The minimum Gasteiger partial charge on any atom is -0.381 e. The predicted molar refractivity (Wildman–Crippen MR) is 73.7 cm³/mol. The molecule has 3 aliphatic rings. The van der Waals surface area contributed by atoms with E-state index in [1.54, 1.807) is 0 Å². The molecule has 3 aliphatic heterocycles. The van der Waals surface area contributed by atoms with Gasteiger partial charge in [0.05, 0.1) is 0 Å². The molecule has 2 unspecified atom stereocenters. The monoisotopic (exact) mass is 252 g/mol. The molecule has 0 bridgehead atoms. The summed E-state index contributed by atoms with van der Waals surface area (Å²) in [5.74, 6) is 0.885. The van der Waals surface area contributed by atoms with Crippen molar-refractivity contribution in [3.05, 3.63) is 0 Å². The highest BCUT2D eigenvalue weighted by Crippen LogP contribution is 2.45. The van der Waals surface area contributed by atoms with E-state index in [1.165, 1.54) is 58.3 Å². The number of rotatable bonds is 2. The standard InChI is InChI=1S/C15H28N2O/c1-13-15(5-9-18-10-6-15)4-8-17(13)12-14-3-2-7-16-11-14/h13-14,16H,2-12H2,1H3. The Hall–Kier alpha value is -0.120. The second-order valence-electron chi connectivity index (χ2n) is 6.61. The van der Waals surface area contributed by atoms with Crippen LogP contribution in [0, 0.1) is 11.3 Å². The number of piperidine rings is 1. The highest BCUT2D eigenvalue weighted by Gasteiger charge is 2.45. The molecule has 3 heterocycles. The summed E-state index contributed by atoms with van der Waals surface area (Å²) < 4.78 is 5.56. The average Bonchev–Trinajstić information content (AvgIpc) is 2.71. The van der Waals surface area contributed by atoms with Gasteiger partial charge in [-0.15, -0.1) is 0 Å². The molecule has 2 atom stereocenters. The normalized spacial score (nSPS) is 37.2. The van der Waals surface area contributed by atoms with Gasteiger partial charge in [-0.1, -0.05) is 0 Å². The summed E-state index contributed by atoms with van der Waals surface area (Å²) in [5, 5.41) is 3.55. The molecule has 3 fully saturated rings. The van der Waals surface area contributed by atoms with Gasteiger partial charge in [0.15, 0.2) is 0 Å². The van der Waals surface area contributed by atoms with E-state index in [0.29, 0.717) is 5.41 Å². The van der Waals surface area contributed by atoms with E-state index in [1.807, 2.05) is 0 Å². The van der Waals surface area contributed by atoms with Crippen molar-refractivity contribution in [2.75, 3.05) is 39.4 Å². The second-order valence-corrected chi connectivity index (χ2v) is 6.61. The molecule has 0 aromatic rings. The van der Waals surface area contributed by atoms with Gasteiger partial charge in [0, 0.05) is 25.8 Å². The Morgan fingerprint density at radius 2 is 2.11 bits per heavy atom. The van der Waals surface area contributed by atoms with E-state index in [9.17, 15) is 0 Å². The predicted octanol–water partition coefficient (Wildman–Crippen LogP) is 1.88. The van der Waals surface area contributed by atoms with Crippen molar-refractivity contribution in [3.8, 4) is 0 Å². The number of hydrogen-bond donors (Lipinski definition) is 1. The van der Waals surface area contributed by atoms with Crippen LogP contribution in [0.25, 0.3) is 0 Å². The van der Waals surface area contributed by atoms with Crippen LogP contribution in [0.5, 0.6) is 0 Å². The molecule has 104 valence electrons. The Morgan fingerprint density at radius 3 is 2.83 bits per heavy atom. The number of likely N-dealkylation sites (tertiary alicyclic amines) is 1. The summed E-state index contributed by atoms with van der Waals surface area (Å²) in [7, 11) is 0. The Kier molecular flexibility index (Phi) is 3.92. The number of nitrogens with zero attached hydrogens (tertiary/aromatic N) is 1. The second kappa shape index (κ2) is 5.48. The third-order valence-corrected chi connectivity index (χ3v) is 5.71. The molecule has 3 rings (SSSR count). The SMILES string of the molecule is CC1N(CC2CCCNC2)CCC12CCOCC2. The maximum atomic E-state index is 5.56. The largest absolute Gasteiger partial charge is 0.381 e. The number of nitrogens with one attached hydrogen (secondary N) is 1. The Bertz CT molecular complexity index is 270. The fraction of sp³-hybridized carbons (Fsp3) is 1.00. The van der Waals surface area contributed by atoms with Gasteiger partial charge in [0.2, 0.25) is 0 Å². The van der Waals surface area contributed by atoms with Gasteiger partial charge < -0.3 is 10.1 Å². The van der Waals surface area contributed by atoms with Crippen molar-refractivity contribution in [2.24, 2.45) is 11.3 Å². The smallest absolute Gasteiger partial charge is 0.0471 e. The van der Waals surface area contributed by atoms with E-state index in [-0.39, 0.29) is 0 Å². The lowest BCUT2D eigenvalue weighted by Crippen LogP contribution is -2.44. The first-order valence-corrected chi connectivity index (χ1v) is 7.83. The van der Waals surface area contributed by atoms with Crippen molar-refractivity contribution < 1.29 is 4.74 Å². The van der Waals surface area contributed by atoms with E-state index in [4.69, 9.17) is 4.74 Å². The lowest BCUT2D eigenvalue weighted by molar-refractivity contribution is -0.00246. The molecule has 1 N–H and O–H groups in total. The van der Waals surface area contributed by atoms with Crippen LogP contribution in [0.3, 0.4) is 0 Å². The zero-order valence-corrected chi connectivity index (χ0v) is 11.8. The van der Waals surface area contributed by atoms with Crippen LogP contribution in [-0.4, -0.2) is 50.3 Å². The summed E-state index contributed by atoms with van der Waals surface area (Å²) in [5.41, 5.74) is 0.584. The van der Waals surface area contributed by atoms with E-state index in [0.717, 1.165) is 25.2 Å². The average molecular weight is 252 g/mol. The van der Waals surface area contributed by atoms with Crippen LogP contribution in [0.4, 0.5) is 0 Å². The molecule has 3 saturated heterocycles. The molecule has 3 heteroatoms. The first kappa shape index (κ1) is 12.9. The third-order valence-electron chi connectivity index (χ3n) is 5.71. The van der Waals surface area contributed by atoms with Crippen LogP contribution in [0.1, 0.15) is 39.0 Å². The Labute approximate surface area is 111 Å². The summed E-state index contributed by atoms with van der Waals surface area (Å²) in [6.07, 6.45) is 6.76. The van der Waals surface area contributed by atoms with Gasteiger partial charge in [-0.05, 0) is 70.0 Å². The maximum absolute atomic E-state index is 5.56. The van der Waals surface area contributed by atoms with Crippen LogP contribution in [0.2, 0.25) is 0 Å². The van der Waals surface area contributed by atoms with Gasteiger partial charge in [-0.2, -0.15) is 0 Å². The van der Waals surface area contributed by atoms with E-state index in [2.05, 4.69) is 17.1 Å². The summed E-state index contributed by atoms with van der Waals surface area (Å²) in [6, 6.07) is 0.767. The van der Waals surface area contributed by atoms with Crippen molar-refractivity contribution in [1.82, 2.24) is 10.2 Å².